The summed E-state index contributed by atoms with van der Waals surface area (Å²) >= 11 is 5.37. The van der Waals surface area contributed by atoms with Gasteiger partial charge in [-0.2, -0.15) is 13.2 Å². The molecule has 0 spiro atoms. The van der Waals surface area contributed by atoms with Crippen LogP contribution >= 0.6 is 11.6 Å². The van der Waals surface area contributed by atoms with Gasteiger partial charge in [-0.15, -0.1) is 12.8 Å². The van der Waals surface area contributed by atoms with Crippen molar-refractivity contribution in [3.63, 3.8) is 0 Å². The topological polar surface area (TPSA) is 101 Å². The lowest BCUT2D eigenvalue weighted by atomic mass is 9.68. The van der Waals surface area contributed by atoms with Crippen LogP contribution in [0.15, 0.2) is 0 Å². The maximum absolute atomic E-state index is 12.8. The van der Waals surface area contributed by atoms with Crippen molar-refractivity contribution in [2.75, 3.05) is 0 Å². The number of halogens is 4. The Labute approximate surface area is 390 Å². The number of carbonyl (C=O) groups excluding carboxylic acids is 2. The Morgan fingerprint density at radius 1 is 0.531 bits per heavy atom. The Bertz CT molecular complexity index is 1460. The molecule has 0 bridgehead atoms. The average Bonchev–Trinajstić information content (AvgIpc) is 3.28. The second-order valence-electron chi connectivity index (χ2n) is 22.1. The predicted octanol–water partition coefficient (Wildman–Crippen LogP) is 14.1. The highest BCUT2D eigenvalue weighted by molar-refractivity contribution is 6.63. The zero-order chi connectivity index (χ0) is 47.1. The highest BCUT2D eigenvalue weighted by atomic mass is 35.5. The maximum atomic E-state index is 12.8. The van der Waals surface area contributed by atoms with Crippen LogP contribution in [0.4, 0.5) is 13.2 Å². The van der Waals surface area contributed by atoms with E-state index in [2.05, 4.69) is 39.5 Å². The van der Waals surface area contributed by atoms with Crippen LogP contribution in [0.1, 0.15) is 207 Å². The lowest BCUT2D eigenvalue weighted by Gasteiger charge is -2.41. The molecule has 6 nitrogen and oxygen atoms in total. The molecule has 0 saturated heterocycles. The first kappa shape index (κ1) is 54.4. The van der Waals surface area contributed by atoms with Crippen LogP contribution in [0.3, 0.4) is 0 Å². The van der Waals surface area contributed by atoms with Crippen molar-refractivity contribution >= 4 is 28.8 Å². The minimum absolute atomic E-state index is 0.00843. The lowest BCUT2D eigenvalue weighted by molar-refractivity contribution is -0.189. The first-order valence-electron chi connectivity index (χ1n) is 25.6. The van der Waals surface area contributed by atoms with Crippen molar-refractivity contribution in [2.24, 2.45) is 71.0 Å². The molecular weight excluding hydrogens is 837 g/mol. The molecule has 64 heavy (non-hydrogen) atoms. The second-order valence-corrected chi connectivity index (χ2v) is 22.5. The van der Waals surface area contributed by atoms with E-state index in [0.29, 0.717) is 18.8 Å². The number of carboxylic acids is 1. The van der Waals surface area contributed by atoms with E-state index in [4.69, 9.17) is 34.3 Å². The molecule has 0 aromatic heterocycles. The van der Waals surface area contributed by atoms with E-state index in [1.807, 2.05) is 0 Å². The van der Waals surface area contributed by atoms with E-state index in [-0.39, 0.29) is 48.7 Å². The van der Waals surface area contributed by atoms with Crippen LogP contribution in [0.25, 0.3) is 0 Å². The second kappa shape index (κ2) is 25.8. The molecule has 7 fully saturated rings. The van der Waals surface area contributed by atoms with Gasteiger partial charge in [-0.25, -0.2) is 0 Å². The third kappa shape index (κ3) is 17.4. The summed E-state index contributed by atoms with van der Waals surface area (Å²) in [6, 6.07) is 0. The molecule has 7 aliphatic rings. The number of hydrogen-bond donors (Lipinski definition) is 2. The number of aliphatic hydroxyl groups is 1. The normalized spacial score (nSPS) is 39.2. The molecule has 0 aromatic carbocycles. The Morgan fingerprint density at radius 3 is 1.22 bits per heavy atom. The molecule has 0 aromatic rings. The number of hydrogen-bond acceptors (Lipinski definition) is 5. The summed E-state index contributed by atoms with van der Waals surface area (Å²) in [5.74, 6) is 9.18. The molecule has 2 N–H and O–H groups in total. The Balaban J connectivity index is 0.000000209. The van der Waals surface area contributed by atoms with Gasteiger partial charge in [0.15, 0.2) is 5.60 Å². The van der Waals surface area contributed by atoms with Crippen LogP contribution in [-0.2, 0) is 19.1 Å². The molecule has 10 heteroatoms. The van der Waals surface area contributed by atoms with Crippen LogP contribution in [0.5, 0.6) is 0 Å². The quantitative estimate of drug-likeness (QED) is 0.156. The standard InChI is InChI=1S/C23H33F3O2.C15H24O.C8H13ClO.C8H14O2/c1-3-22(14-12-18(13-15-22)17-6-4-16(2)5-7-17)28-21(27)19-8-10-20(11-9-19)23(24,25)26;1-3-15(16)10-8-14(9-11-15)13-6-4-12(2)5-7-13;2*1-6-2-4-7(5-3-6)8(9)10/h1,16-20H,4-15H2,2H3;1,12-14,16H,4-11H2,2H3;6-7H,2-5H2,1H3;6-7H,2-5H2,1H3,(H,9,10). The fourth-order valence-corrected chi connectivity index (χ4v) is 12.2. The summed E-state index contributed by atoms with van der Waals surface area (Å²) in [6.07, 6.45) is 33.8. The summed E-state index contributed by atoms with van der Waals surface area (Å²) in [5, 5.41) is 18.5. The smallest absolute Gasteiger partial charge is 0.391 e. The summed E-state index contributed by atoms with van der Waals surface area (Å²) in [7, 11) is 0. The highest BCUT2D eigenvalue weighted by Gasteiger charge is 2.45. The van der Waals surface area contributed by atoms with Gasteiger partial charge < -0.3 is 14.9 Å². The van der Waals surface area contributed by atoms with Crippen molar-refractivity contribution in [2.45, 2.75) is 225 Å². The lowest BCUT2D eigenvalue weighted by Crippen LogP contribution is -2.41. The van der Waals surface area contributed by atoms with Gasteiger partial charge in [0.2, 0.25) is 5.24 Å². The van der Waals surface area contributed by atoms with E-state index < -0.39 is 35.2 Å². The van der Waals surface area contributed by atoms with Crippen molar-refractivity contribution in [3.05, 3.63) is 0 Å². The SMILES string of the molecule is C#CC1(O)CCC(C2CCC(C)CC2)CC1.C#CC1(OC(=O)C2CCC(C(F)(F)F)CC2)CCC(C2CCC(C)CC2)CC1.CC1CCC(C(=O)Cl)CC1.CC1CCC(C(=O)O)CC1. The van der Waals surface area contributed by atoms with E-state index in [0.717, 1.165) is 118 Å². The van der Waals surface area contributed by atoms with Gasteiger partial charge in [-0.3, -0.25) is 14.4 Å². The first-order valence-corrected chi connectivity index (χ1v) is 26.0. The molecule has 0 amide bonds. The third-order valence-corrected chi connectivity index (χ3v) is 17.5. The molecule has 0 radical (unpaired) electrons. The molecule has 0 heterocycles. The van der Waals surface area contributed by atoms with E-state index in [1.165, 1.54) is 64.2 Å². The molecule has 7 aliphatic carbocycles. The van der Waals surface area contributed by atoms with Gasteiger partial charge in [-0.1, -0.05) is 65.2 Å². The number of carboxylic acid groups (broad SMARTS) is 1. The van der Waals surface area contributed by atoms with Gasteiger partial charge in [0.1, 0.15) is 5.60 Å². The largest absolute Gasteiger partial charge is 0.481 e. The van der Waals surface area contributed by atoms with Gasteiger partial charge in [-0.05, 0) is 213 Å². The zero-order valence-electron chi connectivity index (χ0n) is 39.9. The van der Waals surface area contributed by atoms with Crippen molar-refractivity contribution in [1.82, 2.24) is 0 Å². The van der Waals surface area contributed by atoms with Crippen LogP contribution in [0.2, 0.25) is 0 Å². The number of carbonyl (C=O) groups is 3. The summed E-state index contributed by atoms with van der Waals surface area (Å²) in [6.45, 7) is 9.11. The maximum Gasteiger partial charge on any atom is 0.391 e. The zero-order valence-corrected chi connectivity index (χ0v) is 40.7. The average molecular weight is 922 g/mol. The molecule has 7 rings (SSSR count). The highest BCUT2D eigenvalue weighted by Crippen LogP contribution is 2.46. The van der Waals surface area contributed by atoms with E-state index in [9.17, 15) is 32.7 Å². The van der Waals surface area contributed by atoms with Gasteiger partial charge in [0.25, 0.3) is 0 Å². The first-order chi connectivity index (χ1) is 30.2. The van der Waals surface area contributed by atoms with Crippen LogP contribution < -0.4 is 0 Å². The van der Waals surface area contributed by atoms with Crippen molar-refractivity contribution < 1.29 is 42.5 Å². The van der Waals surface area contributed by atoms with Gasteiger partial charge in [0, 0.05) is 5.92 Å². The summed E-state index contributed by atoms with van der Waals surface area (Å²) in [5.41, 5.74) is -1.63. The third-order valence-electron chi connectivity index (χ3n) is 17.2. The fourth-order valence-electron chi connectivity index (χ4n) is 12.0. The molecular formula is C54H84ClF3O6. The minimum Gasteiger partial charge on any atom is -0.481 e. The van der Waals surface area contributed by atoms with Gasteiger partial charge >= 0.3 is 18.1 Å². The van der Waals surface area contributed by atoms with Crippen LogP contribution in [0, 0.1) is 95.7 Å². The van der Waals surface area contributed by atoms with Crippen LogP contribution in [-0.4, -0.2) is 44.8 Å². The Kier molecular flexibility index (Phi) is 21.9. The van der Waals surface area contributed by atoms with E-state index >= 15 is 0 Å². The summed E-state index contributed by atoms with van der Waals surface area (Å²) < 4.78 is 44.3. The monoisotopic (exact) mass is 921 g/mol. The fraction of sp³-hybridized carbons (Fsp3) is 0.870. The summed E-state index contributed by atoms with van der Waals surface area (Å²) in [4.78, 5) is 33.7. The van der Waals surface area contributed by atoms with Gasteiger partial charge in [0.05, 0.1) is 17.8 Å². The molecule has 0 atom stereocenters. The number of esters is 1. The Hall–Kier alpha value is -2.23. The number of ether oxygens (including phenoxy) is 1. The number of terminal acetylenes is 2. The van der Waals surface area contributed by atoms with E-state index in [1.54, 1.807) is 0 Å². The molecule has 0 aliphatic heterocycles. The molecule has 7 saturated carbocycles. The van der Waals surface area contributed by atoms with Crippen molar-refractivity contribution in [3.8, 4) is 24.7 Å². The minimum atomic E-state index is -4.16. The molecule has 364 valence electrons. The number of rotatable bonds is 6. The Morgan fingerprint density at radius 2 is 0.875 bits per heavy atom. The predicted molar refractivity (Wildman–Crippen MR) is 250 cm³/mol. The van der Waals surface area contributed by atoms with Crippen molar-refractivity contribution in [1.29, 1.82) is 0 Å². The number of aliphatic carboxylic acids is 1. The molecule has 0 unspecified atom stereocenters. The number of alkyl halides is 3.